The Balaban J connectivity index is 2.34. The number of primary sulfonamides is 1. The standard InChI is InChI=1S/C11H15ClN2O2S/c1-7-8(6-14-10-2-3-10)4-9(12)5-11(7)17(13,15)16/h4-5,10,14H,2-3,6H2,1H3,(H2,13,15,16). The molecule has 1 aliphatic rings. The van der Waals surface area contributed by atoms with E-state index in [0.717, 1.165) is 5.56 Å². The van der Waals surface area contributed by atoms with Crippen LogP contribution < -0.4 is 10.5 Å². The lowest BCUT2D eigenvalue weighted by Gasteiger charge is -2.11. The normalized spacial score (nSPS) is 16.2. The van der Waals surface area contributed by atoms with Gasteiger partial charge in [-0.2, -0.15) is 0 Å². The minimum Gasteiger partial charge on any atom is -0.310 e. The monoisotopic (exact) mass is 274 g/mol. The molecular weight excluding hydrogens is 260 g/mol. The summed E-state index contributed by atoms with van der Waals surface area (Å²) in [4.78, 5) is 0.109. The lowest BCUT2D eigenvalue weighted by atomic mass is 10.1. The first-order valence-electron chi connectivity index (χ1n) is 5.43. The highest BCUT2D eigenvalue weighted by Gasteiger charge is 2.21. The average Bonchev–Trinajstić information content (AvgIpc) is 3.01. The van der Waals surface area contributed by atoms with E-state index in [2.05, 4.69) is 5.32 Å². The van der Waals surface area contributed by atoms with Gasteiger partial charge >= 0.3 is 0 Å². The molecule has 0 bridgehead atoms. The van der Waals surface area contributed by atoms with E-state index in [4.69, 9.17) is 16.7 Å². The highest BCUT2D eigenvalue weighted by molar-refractivity contribution is 7.89. The summed E-state index contributed by atoms with van der Waals surface area (Å²) in [7, 11) is -3.71. The number of benzene rings is 1. The van der Waals surface area contributed by atoms with Crippen molar-refractivity contribution in [1.82, 2.24) is 5.32 Å². The maximum Gasteiger partial charge on any atom is 0.238 e. The zero-order valence-electron chi connectivity index (χ0n) is 9.53. The van der Waals surface area contributed by atoms with E-state index in [1.807, 2.05) is 0 Å². The molecule has 0 radical (unpaired) electrons. The molecule has 0 unspecified atom stereocenters. The Kier molecular flexibility index (Phi) is 3.45. The van der Waals surface area contributed by atoms with Gasteiger partial charge < -0.3 is 5.32 Å². The number of nitrogens with one attached hydrogen (secondary N) is 1. The maximum atomic E-state index is 11.4. The van der Waals surface area contributed by atoms with Crippen LogP contribution in [0.2, 0.25) is 5.02 Å². The van der Waals surface area contributed by atoms with Gasteiger partial charge in [-0.1, -0.05) is 11.6 Å². The van der Waals surface area contributed by atoms with E-state index >= 15 is 0 Å². The summed E-state index contributed by atoms with van der Waals surface area (Å²) in [6.45, 7) is 2.37. The third kappa shape index (κ3) is 3.19. The average molecular weight is 275 g/mol. The van der Waals surface area contributed by atoms with Crippen LogP contribution in [0.1, 0.15) is 24.0 Å². The lowest BCUT2D eigenvalue weighted by Crippen LogP contribution is -2.19. The molecule has 4 nitrogen and oxygen atoms in total. The molecule has 0 aromatic heterocycles. The van der Waals surface area contributed by atoms with Gasteiger partial charge in [0, 0.05) is 17.6 Å². The van der Waals surface area contributed by atoms with Crippen molar-refractivity contribution in [2.24, 2.45) is 5.14 Å². The molecule has 0 amide bonds. The van der Waals surface area contributed by atoms with Crippen molar-refractivity contribution in [3.8, 4) is 0 Å². The maximum absolute atomic E-state index is 11.4. The molecule has 17 heavy (non-hydrogen) atoms. The third-order valence-corrected chi connectivity index (χ3v) is 4.15. The van der Waals surface area contributed by atoms with Gasteiger partial charge in [0.15, 0.2) is 0 Å². The lowest BCUT2D eigenvalue weighted by molar-refractivity contribution is 0.596. The third-order valence-electron chi connectivity index (χ3n) is 2.90. The van der Waals surface area contributed by atoms with Crippen LogP contribution in [0.5, 0.6) is 0 Å². The van der Waals surface area contributed by atoms with Crippen LogP contribution in [0.4, 0.5) is 0 Å². The van der Waals surface area contributed by atoms with Crippen molar-refractivity contribution in [2.45, 2.75) is 37.2 Å². The quantitative estimate of drug-likeness (QED) is 0.875. The van der Waals surface area contributed by atoms with E-state index in [0.29, 0.717) is 23.2 Å². The van der Waals surface area contributed by atoms with E-state index in [-0.39, 0.29) is 4.90 Å². The van der Waals surface area contributed by atoms with E-state index in [9.17, 15) is 8.42 Å². The molecule has 3 N–H and O–H groups in total. The van der Waals surface area contributed by atoms with E-state index in [1.165, 1.54) is 18.9 Å². The Labute approximate surface area is 106 Å². The van der Waals surface area contributed by atoms with Crippen LogP contribution in [0.15, 0.2) is 17.0 Å². The number of hydrogen-bond acceptors (Lipinski definition) is 3. The van der Waals surface area contributed by atoms with Gasteiger partial charge in [-0.3, -0.25) is 0 Å². The van der Waals surface area contributed by atoms with Crippen LogP contribution in [0, 0.1) is 6.92 Å². The number of sulfonamides is 1. The molecule has 1 fully saturated rings. The first-order chi connectivity index (χ1) is 7.88. The summed E-state index contributed by atoms with van der Waals surface area (Å²) in [5.41, 5.74) is 1.55. The molecule has 1 aromatic rings. The number of nitrogens with two attached hydrogens (primary N) is 1. The summed E-state index contributed by atoms with van der Waals surface area (Å²) < 4.78 is 22.8. The van der Waals surface area contributed by atoms with Crippen LogP contribution >= 0.6 is 11.6 Å². The predicted octanol–water partition coefficient (Wildman–Crippen LogP) is 1.55. The molecular formula is C11H15ClN2O2S. The Morgan fingerprint density at radius 2 is 2.12 bits per heavy atom. The molecule has 0 heterocycles. The minimum absolute atomic E-state index is 0.109. The second-order valence-electron chi connectivity index (χ2n) is 4.39. The van der Waals surface area contributed by atoms with Gasteiger partial charge in [0.2, 0.25) is 10.0 Å². The van der Waals surface area contributed by atoms with Crippen LogP contribution in [0.25, 0.3) is 0 Å². The molecule has 94 valence electrons. The Morgan fingerprint density at radius 3 is 2.65 bits per heavy atom. The van der Waals surface area contributed by atoms with Crippen molar-refractivity contribution >= 4 is 21.6 Å². The minimum atomic E-state index is -3.71. The second kappa shape index (κ2) is 4.57. The second-order valence-corrected chi connectivity index (χ2v) is 6.35. The first-order valence-corrected chi connectivity index (χ1v) is 7.35. The molecule has 0 saturated heterocycles. The van der Waals surface area contributed by atoms with Gasteiger partial charge in [-0.05, 0) is 43.0 Å². The largest absolute Gasteiger partial charge is 0.310 e. The summed E-state index contributed by atoms with van der Waals surface area (Å²) in [5, 5.41) is 8.88. The fourth-order valence-corrected chi connectivity index (χ4v) is 2.88. The first kappa shape index (κ1) is 12.8. The molecule has 1 saturated carbocycles. The molecule has 1 aromatic carbocycles. The zero-order valence-corrected chi connectivity index (χ0v) is 11.1. The SMILES string of the molecule is Cc1c(CNC2CC2)cc(Cl)cc1S(N)(=O)=O. The summed E-state index contributed by atoms with van der Waals surface area (Å²) in [5.74, 6) is 0. The predicted molar refractivity (Wildman–Crippen MR) is 67.4 cm³/mol. The van der Waals surface area contributed by atoms with Gasteiger partial charge in [-0.15, -0.1) is 0 Å². The zero-order chi connectivity index (χ0) is 12.6. The number of rotatable bonds is 4. The van der Waals surface area contributed by atoms with E-state index < -0.39 is 10.0 Å². The summed E-state index contributed by atoms with van der Waals surface area (Å²) in [6.07, 6.45) is 2.36. The Hall–Kier alpha value is -0.620. The highest BCUT2D eigenvalue weighted by Crippen LogP contribution is 2.25. The molecule has 0 atom stereocenters. The Morgan fingerprint density at radius 1 is 1.47 bits per heavy atom. The van der Waals surface area contributed by atoms with Gasteiger partial charge in [0.25, 0.3) is 0 Å². The summed E-state index contributed by atoms with van der Waals surface area (Å²) >= 11 is 5.91. The van der Waals surface area contributed by atoms with Crippen LogP contribution in [-0.2, 0) is 16.6 Å². The molecule has 1 aliphatic carbocycles. The molecule has 0 spiro atoms. The van der Waals surface area contributed by atoms with Crippen molar-refractivity contribution < 1.29 is 8.42 Å². The fraction of sp³-hybridized carbons (Fsp3) is 0.455. The Bertz CT molecular complexity index is 539. The number of halogens is 1. The van der Waals surface area contributed by atoms with Crippen molar-refractivity contribution in [3.63, 3.8) is 0 Å². The molecule has 0 aliphatic heterocycles. The summed E-state index contributed by atoms with van der Waals surface area (Å²) in [6, 6.07) is 3.74. The smallest absolute Gasteiger partial charge is 0.238 e. The van der Waals surface area contributed by atoms with Gasteiger partial charge in [0.1, 0.15) is 0 Å². The topological polar surface area (TPSA) is 72.2 Å². The van der Waals surface area contributed by atoms with Gasteiger partial charge in [0.05, 0.1) is 4.90 Å². The fourth-order valence-electron chi connectivity index (χ4n) is 1.73. The van der Waals surface area contributed by atoms with Gasteiger partial charge in [-0.25, -0.2) is 13.6 Å². The number of hydrogen-bond donors (Lipinski definition) is 2. The van der Waals surface area contributed by atoms with Crippen molar-refractivity contribution in [1.29, 1.82) is 0 Å². The highest BCUT2D eigenvalue weighted by atomic mass is 35.5. The van der Waals surface area contributed by atoms with Crippen LogP contribution in [0.3, 0.4) is 0 Å². The molecule has 6 heteroatoms. The molecule has 2 rings (SSSR count). The van der Waals surface area contributed by atoms with Crippen molar-refractivity contribution in [2.75, 3.05) is 0 Å². The van der Waals surface area contributed by atoms with Crippen molar-refractivity contribution in [3.05, 3.63) is 28.3 Å². The van der Waals surface area contributed by atoms with Crippen LogP contribution in [-0.4, -0.2) is 14.5 Å². The van der Waals surface area contributed by atoms with E-state index in [1.54, 1.807) is 13.0 Å².